The monoisotopic (exact) mass is 192 g/mol. The fourth-order valence-corrected chi connectivity index (χ4v) is 0.253. The van der Waals surface area contributed by atoms with Gasteiger partial charge in [0.05, 0.1) is 0 Å². The summed E-state index contributed by atoms with van der Waals surface area (Å²) in [6, 6.07) is -0.731. The van der Waals surface area contributed by atoms with Crippen LogP contribution in [0.25, 0.3) is 0 Å². The van der Waals surface area contributed by atoms with Crippen LogP contribution in [0.4, 0.5) is 0 Å². The van der Waals surface area contributed by atoms with Gasteiger partial charge in [0.15, 0.2) is 0 Å². The smallest absolute Gasteiger partial charge is 0.320 e. The Labute approximate surface area is 76.5 Å². The van der Waals surface area contributed by atoms with Crippen molar-refractivity contribution in [2.24, 2.45) is 11.5 Å². The second-order valence-electron chi connectivity index (χ2n) is 2.41. The Morgan fingerprint density at radius 3 is 1.85 bits per heavy atom. The van der Waals surface area contributed by atoms with Gasteiger partial charge in [0.1, 0.15) is 6.04 Å². The number of carboxylic acid groups (broad SMARTS) is 2. The van der Waals surface area contributed by atoms with Crippen molar-refractivity contribution < 1.29 is 19.8 Å². The Hall–Kier alpha value is -1.14. The summed E-state index contributed by atoms with van der Waals surface area (Å²) >= 11 is 0. The summed E-state index contributed by atoms with van der Waals surface area (Å²) in [5, 5.41) is 15.9. The number of aliphatic carboxylic acids is 2. The number of hydrogen-bond donors (Lipinski definition) is 4. The molecule has 0 aromatic rings. The van der Waals surface area contributed by atoms with Gasteiger partial charge in [-0.05, 0) is 19.9 Å². The first-order valence-electron chi connectivity index (χ1n) is 3.82. The van der Waals surface area contributed by atoms with Crippen LogP contribution in [0.5, 0.6) is 0 Å². The molecule has 0 bridgehead atoms. The van der Waals surface area contributed by atoms with Crippen LogP contribution >= 0.6 is 0 Å². The molecule has 1 unspecified atom stereocenters. The molecule has 0 heterocycles. The van der Waals surface area contributed by atoms with E-state index in [-0.39, 0.29) is 6.42 Å². The van der Waals surface area contributed by atoms with Gasteiger partial charge in [0.25, 0.3) is 0 Å². The zero-order valence-corrected chi connectivity index (χ0v) is 7.56. The highest BCUT2D eigenvalue weighted by Gasteiger charge is 1.99. The Balaban J connectivity index is 0. The minimum absolute atomic E-state index is 0.191. The van der Waals surface area contributed by atoms with Crippen molar-refractivity contribution in [1.29, 1.82) is 0 Å². The lowest BCUT2D eigenvalue weighted by atomic mass is 10.3. The summed E-state index contributed by atoms with van der Waals surface area (Å²) in [4.78, 5) is 19.3. The van der Waals surface area contributed by atoms with Gasteiger partial charge in [-0.25, -0.2) is 0 Å². The summed E-state index contributed by atoms with van der Waals surface area (Å²) in [7, 11) is 0. The molecule has 0 aliphatic rings. The predicted molar refractivity (Wildman–Crippen MR) is 47.2 cm³/mol. The summed E-state index contributed by atoms with van der Waals surface area (Å²) in [5.41, 5.74) is 9.85. The average molecular weight is 192 g/mol. The van der Waals surface area contributed by atoms with E-state index in [2.05, 4.69) is 0 Å². The minimum Gasteiger partial charge on any atom is -0.481 e. The van der Waals surface area contributed by atoms with Crippen molar-refractivity contribution in [3.63, 3.8) is 0 Å². The number of hydrogen-bond acceptors (Lipinski definition) is 4. The van der Waals surface area contributed by atoms with E-state index in [9.17, 15) is 9.59 Å². The third-order valence-electron chi connectivity index (χ3n) is 0.984. The van der Waals surface area contributed by atoms with Crippen LogP contribution in [-0.2, 0) is 9.59 Å². The molecule has 0 rings (SSSR count). The van der Waals surface area contributed by atoms with Crippen molar-refractivity contribution in [3.8, 4) is 0 Å². The molecule has 0 fully saturated rings. The van der Waals surface area contributed by atoms with Crippen LogP contribution in [0.15, 0.2) is 0 Å². The average Bonchev–Trinajstić information content (AvgIpc) is 2.01. The molecule has 13 heavy (non-hydrogen) atoms. The van der Waals surface area contributed by atoms with Crippen LogP contribution in [-0.4, -0.2) is 34.7 Å². The van der Waals surface area contributed by atoms with E-state index in [1.54, 1.807) is 0 Å². The molecule has 0 saturated carbocycles. The maximum absolute atomic E-state index is 9.70. The highest BCUT2D eigenvalue weighted by atomic mass is 16.4. The van der Waals surface area contributed by atoms with Gasteiger partial charge in [-0.2, -0.15) is 0 Å². The van der Waals surface area contributed by atoms with Gasteiger partial charge in [0, 0.05) is 6.42 Å². The largest absolute Gasteiger partial charge is 0.481 e. The molecule has 6 nitrogen and oxygen atoms in total. The van der Waals surface area contributed by atoms with Crippen molar-refractivity contribution in [3.05, 3.63) is 0 Å². The van der Waals surface area contributed by atoms with Gasteiger partial charge in [-0.15, -0.1) is 0 Å². The van der Waals surface area contributed by atoms with Crippen LogP contribution in [0, 0.1) is 0 Å². The molecule has 0 radical (unpaired) electrons. The highest BCUT2D eigenvalue weighted by Crippen LogP contribution is 1.82. The van der Waals surface area contributed by atoms with E-state index in [1.807, 2.05) is 0 Å². The van der Waals surface area contributed by atoms with E-state index in [0.29, 0.717) is 13.0 Å². The quantitative estimate of drug-likeness (QED) is 0.463. The molecule has 6 heteroatoms. The van der Waals surface area contributed by atoms with Gasteiger partial charge in [0.2, 0.25) is 0 Å². The predicted octanol–water partition coefficient (Wildman–Crippen LogP) is -0.772. The summed E-state index contributed by atoms with van der Waals surface area (Å²) < 4.78 is 0. The fourth-order valence-electron chi connectivity index (χ4n) is 0.253. The van der Waals surface area contributed by atoms with Gasteiger partial charge < -0.3 is 21.7 Å². The molecule has 78 valence electrons. The van der Waals surface area contributed by atoms with Crippen molar-refractivity contribution in [2.75, 3.05) is 6.54 Å². The molecule has 0 aliphatic heterocycles. The van der Waals surface area contributed by atoms with Crippen LogP contribution in [0.3, 0.4) is 0 Å². The second-order valence-corrected chi connectivity index (χ2v) is 2.41. The van der Waals surface area contributed by atoms with Crippen LogP contribution < -0.4 is 11.5 Å². The lowest BCUT2D eigenvalue weighted by Gasteiger charge is -1.90. The molecule has 1 atom stereocenters. The number of rotatable bonds is 4. The summed E-state index contributed by atoms with van der Waals surface area (Å²) in [6.07, 6.45) is 0.770. The molecule has 0 amide bonds. The molecule has 0 aliphatic carbocycles. The van der Waals surface area contributed by atoms with Crippen molar-refractivity contribution in [1.82, 2.24) is 0 Å². The molecule has 0 aromatic heterocycles. The topological polar surface area (TPSA) is 127 Å². The fraction of sp³-hybridized carbons (Fsp3) is 0.714. The Morgan fingerprint density at radius 2 is 1.77 bits per heavy atom. The van der Waals surface area contributed by atoms with Crippen molar-refractivity contribution >= 4 is 11.9 Å². The second kappa shape index (κ2) is 8.95. The zero-order chi connectivity index (χ0) is 10.9. The maximum atomic E-state index is 9.70. The summed E-state index contributed by atoms with van der Waals surface area (Å²) in [6.45, 7) is 1.88. The Morgan fingerprint density at radius 1 is 1.38 bits per heavy atom. The van der Waals surface area contributed by atoms with Gasteiger partial charge in [-0.3, -0.25) is 9.59 Å². The maximum Gasteiger partial charge on any atom is 0.320 e. The molecule has 0 saturated heterocycles. The van der Waals surface area contributed by atoms with Crippen LogP contribution in [0.1, 0.15) is 19.8 Å². The van der Waals surface area contributed by atoms with Crippen LogP contribution in [0.2, 0.25) is 0 Å². The Bertz CT molecular complexity index is 159. The standard InChI is InChI=1S/C4H9NO2.C3H7NO2/c5-3-1-2-4(6)7;1-2(4)3(5)6/h1-3,5H2,(H,6,7);2H,4H2,1H3,(H,5,6). The highest BCUT2D eigenvalue weighted by molar-refractivity contribution is 5.72. The molecular weight excluding hydrogens is 176 g/mol. The molecular formula is C7H16N2O4. The lowest BCUT2D eigenvalue weighted by Crippen LogP contribution is -2.25. The molecule has 0 aromatic carbocycles. The summed E-state index contributed by atoms with van der Waals surface area (Å²) in [5.74, 6) is -1.74. The zero-order valence-electron chi connectivity index (χ0n) is 7.56. The van der Waals surface area contributed by atoms with Crippen molar-refractivity contribution in [2.45, 2.75) is 25.8 Å². The number of carboxylic acids is 2. The van der Waals surface area contributed by atoms with E-state index >= 15 is 0 Å². The normalized spacial score (nSPS) is 11.0. The molecule has 6 N–H and O–H groups in total. The van der Waals surface area contributed by atoms with E-state index in [0.717, 1.165) is 0 Å². The lowest BCUT2D eigenvalue weighted by molar-refractivity contribution is -0.138. The first-order chi connectivity index (χ1) is 5.91. The Kier molecular flexibility index (Phi) is 9.91. The van der Waals surface area contributed by atoms with Gasteiger partial charge in [-0.1, -0.05) is 0 Å². The van der Waals surface area contributed by atoms with Gasteiger partial charge >= 0.3 is 11.9 Å². The van der Waals surface area contributed by atoms with E-state index < -0.39 is 18.0 Å². The van der Waals surface area contributed by atoms with E-state index in [4.69, 9.17) is 21.7 Å². The van der Waals surface area contributed by atoms with E-state index in [1.165, 1.54) is 6.92 Å². The third kappa shape index (κ3) is 18.1. The number of carbonyl (C=O) groups is 2. The first kappa shape index (κ1) is 14.4. The number of nitrogens with two attached hydrogens (primary N) is 2. The first-order valence-corrected chi connectivity index (χ1v) is 3.82. The third-order valence-corrected chi connectivity index (χ3v) is 0.984. The SMILES string of the molecule is CC(N)C(=O)O.NCCCC(=O)O. The molecule has 0 spiro atoms. The minimum atomic E-state index is -0.963.